The Morgan fingerprint density at radius 3 is 2.76 bits per heavy atom. The van der Waals surface area contributed by atoms with Crippen LogP contribution < -0.4 is 10.6 Å². The first kappa shape index (κ1) is 18.3. The zero-order valence-electron chi connectivity index (χ0n) is 13.3. The van der Waals surface area contributed by atoms with Gasteiger partial charge < -0.3 is 10.1 Å². The van der Waals surface area contributed by atoms with Crippen LogP contribution in [0.25, 0.3) is 11.3 Å². The number of nitro benzene ring substituents is 1. The molecule has 2 amide bonds. The van der Waals surface area contributed by atoms with Crippen molar-refractivity contribution in [3.63, 3.8) is 0 Å². The largest absolute Gasteiger partial charge is 0.385 e. The molecule has 0 bridgehead atoms. The minimum atomic E-state index is -0.503. The first-order valence-electron chi connectivity index (χ1n) is 7.25. The lowest BCUT2D eigenvalue weighted by Crippen LogP contribution is -2.29. The highest BCUT2D eigenvalue weighted by Crippen LogP contribution is 2.32. The van der Waals surface area contributed by atoms with Crippen molar-refractivity contribution in [2.75, 3.05) is 25.6 Å². The number of methoxy groups -OCH3 is 1. The van der Waals surface area contributed by atoms with E-state index in [0.29, 0.717) is 35.8 Å². The van der Waals surface area contributed by atoms with E-state index in [1.807, 2.05) is 6.07 Å². The summed E-state index contributed by atoms with van der Waals surface area (Å²) in [6.45, 7) is 0.976. The Balaban J connectivity index is 2.11. The summed E-state index contributed by atoms with van der Waals surface area (Å²) in [6.07, 6.45) is 0.672. The van der Waals surface area contributed by atoms with Crippen LogP contribution in [0.1, 0.15) is 12.0 Å². The molecule has 0 fully saturated rings. The van der Waals surface area contributed by atoms with E-state index in [-0.39, 0.29) is 11.3 Å². The Morgan fingerprint density at radius 1 is 1.44 bits per heavy atom. The Hall–Kier alpha value is -3.03. The standard InChI is InChI=1S/C15H15N5O4S/c1-24-8-2-7-17-15(21)18-14-12(9-16)13(19-25-14)10-3-5-11(6-4-10)20(22)23/h3-6H,2,7-8H2,1H3,(H2,17,18,21). The molecule has 1 aromatic carbocycles. The van der Waals surface area contributed by atoms with Crippen LogP contribution in [0.5, 0.6) is 0 Å². The van der Waals surface area contributed by atoms with Crippen LogP contribution in [0.15, 0.2) is 24.3 Å². The first-order valence-corrected chi connectivity index (χ1v) is 8.02. The number of ether oxygens (including phenoxy) is 1. The van der Waals surface area contributed by atoms with E-state index < -0.39 is 11.0 Å². The van der Waals surface area contributed by atoms with E-state index in [1.54, 1.807) is 7.11 Å². The van der Waals surface area contributed by atoms with Gasteiger partial charge in [-0.25, -0.2) is 4.79 Å². The maximum absolute atomic E-state index is 11.8. The number of nitro groups is 1. The molecular formula is C15H15N5O4S. The van der Waals surface area contributed by atoms with Gasteiger partial charge in [0, 0.05) is 38.0 Å². The SMILES string of the molecule is COCCCNC(=O)Nc1snc(-c2ccc([N+](=O)[O-])cc2)c1C#N. The number of nitriles is 1. The lowest BCUT2D eigenvalue weighted by molar-refractivity contribution is -0.384. The second kappa shape index (κ2) is 8.72. The van der Waals surface area contributed by atoms with Gasteiger partial charge in [-0.2, -0.15) is 9.64 Å². The van der Waals surface area contributed by atoms with Crippen molar-refractivity contribution in [3.05, 3.63) is 39.9 Å². The molecule has 130 valence electrons. The van der Waals surface area contributed by atoms with E-state index in [0.717, 1.165) is 11.5 Å². The number of hydrogen-bond donors (Lipinski definition) is 2. The Labute approximate surface area is 147 Å². The molecule has 0 aliphatic rings. The van der Waals surface area contributed by atoms with E-state index in [9.17, 15) is 20.2 Å². The fraction of sp³-hybridized carbons (Fsp3) is 0.267. The summed E-state index contributed by atoms with van der Waals surface area (Å²) in [7, 11) is 1.58. The van der Waals surface area contributed by atoms with Crippen LogP contribution in [-0.2, 0) is 4.74 Å². The summed E-state index contributed by atoms with van der Waals surface area (Å²) in [6, 6.07) is 7.29. The number of nitrogens with one attached hydrogen (secondary N) is 2. The fourth-order valence-electron chi connectivity index (χ4n) is 1.98. The predicted molar refractivity (Wildman–Crippen MR) is 92.4 cm³/mol. The Morgan fingerprint density at radius 2 is 2.16 bits per heavy atom. The topological polar surface area (TPSA) is 130 Å². The van der Waals surface area contributed by atoms with E-state index in [2.05, 4.69) is 15.0 Å². The quantitative estimate of drug-likeness (QED) is 0.443. The van der Waals surface area contributed by atoms with Crippen molar-refractivity contribution in [2.24, 2.45) is 0 Å². The molecule has 9 nitrogen and oxygen atoms in total. The van der Waals surface area contributed by atoms with Crippen LogP contribution in [0.3, 0.4) is 0 Å². The summed E-state index contributed by atoms with van der Waals surface area (Å²) in [5, 5.41) is 25.6. The van der Waals surface area contributed by atoms with Crippen molar-refractivity contribution in [2.45, 2.75) is 6.42 Å². The number of carbonyl (C=O) groups excluding carboxylic acids is 1. The predicted octanol–water partition coefficient (Wildman–Crippen LogP) is 2.75. The molecule has 1 heterocycles. The molecule has 0 unspecified atom stereocenters. The number of non-ortho nitro benzene ring substituents is 1. The zero-order valence-corrected chi connectivity index (χ0v) is 14.1. The van der Waals surface area contributed by atoms with Crippen molar-refractivity contribution in [1.82, 2.24) is 9.69 Å². The van der Waals surface area contributed by atoms with Gasteiger partial charge in [0.2, 0.25) is 0 Å². The zero-order chi connectivity index (χ0) is 18.2. The number of aromatic nitrogens is 1. The normalized spacial score (nSPS) is 10.1. The van der Waals surface area contributed by atoms with Crippen LogP contribution in [0.2, 0.25) is 0 Å². The highest BCUT2D eigenvalue weighted by Gasteiger charge is 2.17. The molecule has 0 aliphatic carbocycles. The van der Waals surface area contributed by atoms with Gasteiger partial charge in [-0.3, -0.25) is 15.4 Å². The average Bonchev–Trinajstić information content (AvgIpc) is 3.01. The van der Waals surface area contributed by atoms with Crippen LogP contribution in [-0.4, -0.2) is 35.6 Å². The molecule has 0 saturated heterocycles. The Kier molecular flexibility index (Phi) is 6.39. The monoisotopic (exact) mass is 361 g/mol. The molecule has 0 saturated carbocycles. The van der Waals surface area contributed by atoms with Crippen molar-refractivity contribution in [3.8, 4) is 17.3 Å². The second-order valence-electron chi connectivity index (χ2n) is 4.88. The van der Waals surface area contributed by atoms with Gasteiger partial charge in [0.1, 0.15) is 22.3 Å². The minimum absolute atomic E-state index is 0.0497. The molecule has 25 heavy (non-hydrogen) atoms. The summed E-state index contributed by atoms with van der Waals surface area (Å²) < 4.78 is 9.07. The smallest absolute Gasteiger partial charge is 0.319 e. The van der Waals surface area contributed by atoms with Gasteiger partial charge in [-0.1, -0.05) is 0 Å². The third-order valence-electron chi connectivity index (χ3n) is 3.19. The number of nitrogens with zero attached hydrogens (tertiary/aromatic N) is 3. The molecular weight excluding hydrogens is 346 g/mol. The van der Waals surface area contributed by atoms with Gasteiger partial charge in [0.15, 0.2) is 0 Å². The van der Waals surface area contributed by atoms with E-state index in [4.69, 9.17) is 4.74 Å². The summed E-state index contributed by atoms with van der Waals surface area (Å²) >= 11 is 0.975. The van der Waals surface area contributed by atoms with E-state index >= 15 is 0 Å². The highest BCUT2D eigenvalue weighted by atomic mass is 32.1. The maximum Gasteiger partial charge on any atom is 0.319 e. The molecule has 0 spiro atoms. The molecule has 2 N–H and O–H groups in total. The summed E-state index contributed by atoms with van der Waals surface area (Å²) in [4.78, 5) is 22.0. The van der Waals surface area contributed by atoms with Gasteiger partial charge >= 0.3 is 6.03 Å². The minimum Gasteiger partial charge on any atom is -0.385 e. The molecule has 0 radical (unpaired) electrons. The summed E-state index contributed by atoms with van der Waals surface area (Å²) in [5.41, 5.74) is 1.10. The van der Waals surface area contributed by atoms with Gasteiger partial charge in [-0.05, 0) is 30.1 Å². The van der Waals surface area contributed by atoms with Crippen LogP contribution in [0, 0.1) is 21.4 Å². The highest BCUT2D eigenvalue weighted by molar-refractivity contribution is 7.11. The van der Waals surface area contributed by atoms with Gasteiger partial charge in [0.05, 0.1) is 4.92 Å². The molecule has 10 heteroatoms. The van der Waals surface area contributed by atoms with Gasteiger partial charge in [0.25, 0.3) is 5.69 Å². The fourth-order valence-corrected chi connectivity index (χ4v) is 2.73. The Bertz CT molecular complexity index is 797. The number of amides is 2. The van der Waals surface area contributed by atoms with Crippen LogP contribution >= 0.6 is 11.5 Å². The third kappa shape index (κ3) is 4.72. The van der Waals surface area contributed by atoms with Gasteiger partial charge in [-0.15, -0.1) is 0 Å². The maximum atomic E-state index is 11.8. The number of benzene rings is 1. The molecule has 0 atom stereocenters. The molecule has 2 aromatic rings. The second-order valence-corrected chi connectivity index (χ2v) is 5.65. The number of urea groups is 1. The first-order chi connectivity index (χ1) is 12.1. The van der Waals surface area contributed by atoms with Crippen molar-refractivity contribution >= 4 is 28.3 Å². The average molecular weight is 361 g/mol. The third-order valence-corrected chi connectivity index (χ3v) is 3.96. The number of carbonyl (C=O) groups is 1. The lowest BCUT2D eigenvalue weighted by atomic mass is 10.1. The molecule has 0 aliphatic heterocycles. The number of anilines is 1. The molecule has 1 aromatic heterocycles. The lowest BCUT2D eigenvalue weighted by Gasteiger charge is -2.05. The van der Waals surface area contributed by atoms with Crippen LogP contribution in [0.4, 0.5) is 15.5 Å². The van der Waals surface area contributed by atoms with Crippen molar-refractivity contribution in [1.29, 1.82) is 5.26 Å². The molecule has 2 rings (SSSR count). The van der Waals surface area contributed by atoms with E-state index in [1.165, 1.54) is 24.3 Å². The number of hydrogen-bond acceptors (Lipinski definition) is 7. The number of rotatable bonds is 7. The summed E-state index contributed by atoms with van der Waals surface area (Å²) in [5.74, 6) is 0. The van der Waals surface area contributed by atoms with Crippen molar-refractivity contribution < 1.29 is 14.5 Å².